The van der Waals surface area contributed by atoms with Crippen LogP contribution in [0.4, 0.5) is 0 Å². The first-order chi connectivity index (χ1) is 10.2. The molecule has 0 heterocycles. The standard InChI is InChI=1S/C17H27BrO3Si/c1-11(2)22(12(3)4,13(5)6)21-17-9-15(18)14(10-19)8-16(17)20-7/h8-13H,1-7H3. The number of rotatable bonds is 7. The van der Waals surface area contributed by atoms with Crippen molar-refractivity contribution >= 4 is 30.5 Å². The first kappa shape index (κ1) is 19.2. The molecule has 1 aromatic rings. The lowest BCUT2D eigenvalue weighted by Gasteiger charge is -2.42. The summed E-state index contributed by atoms with van der Waals surface area (Å²) in [4.78, 5) is 11.1. The summed E-state index contributed by atoms with van der Waals surface area (Å²) in [5.41, 5.74) is 1.99. The Morgan fingerprint density at radius 2 is 1.50 bits per heavy atom. The maximum atomic E-state index is 11.1. The minimum atomic E-state index is -2.06. The van der Waals surface area contributed by atoms with E-state index < -0.39 is 8.32 Å². The van der Waals surface area contributed by atoms with Gasteiger partial charge in [-0.15, -0.1) is 0 Å². The van der Waals surface area contributed by atoms with E-state index in [0.29, 0.717) is 27.9 Å². The van der Waals surface area contributed by atoms with Gasteiger partial charge in [-0.25, -0.2) is 0 Å². The average molecular weight is 387 g/mol. The largest absolute Gasteiger partial charge is 0.540 e. The Morgan fingerprint density at radius 1 is 1.00 bits per heavy atom. The molecule has 0 radical (unpaired) electrons. The molecular weight excluding hydrogens is 360 g/mol. The fourth-order valence-electron chi connectivity index (χ4n) is 3.42. The Kier molecular flexibility index (Phi) is 6.68. The number of carbonyl (C=O) groups is 1. The third-order valence-corrected chi connectivity index (χ3v) is 11.1. The Bertz CT molecular complexity index is 505. The van der Waals surface area contributed by atoms with Crippen molar-refractivity contribution in [2.24, 2.45) is 0 Å². The summed E-state index contributed by atoms with van der Waals surface area (Å²) in [6.45, 7) is 13.5. The third kappa shape index (κ3) is 3.57. The van der Waals surface area contributed by atoms with Gasteiger partial charge >= 0.3 is 0 Å². The first-order valence-electron chi connectivity index (χ1n) is 7.72. The van der Waals surface area contributed by atoms with Crippen LogP contribution in [0.5, 0.6) is 11.5 Å². The van der Waals surface area contributed by atoms with E-state index in [9.17, 15) is 4.79 Å². The minimum absolute atomic E-state index is 0.474. The maximum absolute atomic E-state index is 11.1. The molecular formula is C17H27BrO3Si. The SMILES string of the molecule is COc1cc(C=O)c(Br)cc1O[Si](C(C)C)(C(C)C)C(C)C. The van der Waals surface area contributed by atoms with Gasteiger partial charge in [0.15, 0.2) is 12.0 Å². The smallest absolute Gasteiger partial charge is 0.258 e. The van der Waals surface area contributed by atoms with E-state index in [2.05, 4.69) is 57.5 Å². The maximum Gasteiger partial charge on any atom is 0.258 e. The van der Waals surface area contributed by atoms with Crippen LogP contribution in [0.1, 0.15) is 51.9 Å². The normalized spacial score (nSPS) is 12.1. The zero-order chi connectivity index (χ0) is 17.1. The fourth-order valence-corrected chi connectivity index (χ4v) is 9.09. The molecule has 1 rings (SSSR count). The molecule has 5 heteroatoms. The van der Waals surface area contributed by atoms with Crippen LogP contribution in [0.3, 0.4) is 0 Å². The zero-order valence-corrected chi connectivity index (χ0v) is 17.2. The highest BCUT2D eigenvalue weighted by molar-refractivity contribution is 9.10. The molecule has 0 unspecified atom stereocenters. The highest BCUT2D eigenvalue weighted by atomic mass is 79.9. The minimum Gasteiger partial charge on any atom is -0.540 e. The number of ether oxygens (including phenoxy) is 1. The van der Waals surface area contributed by atoms with Gasteiger partial charge in [0.2, 0.25) is 0 Å². The molecule has 1 aromatic carbocycles. The van der Waals surface area contributed by atoms with Crippen LogP contribution in [0.15, 0.2) is 16.6 Å². The van der Waals surface area contributed by atoms with E-state index in [1.807, 2.05) is 6.07 Å². The summed E-state index contributed by atoms with van der Waals surface area (Å²) >= 11 is 3.44. The van der Waals surface area contributed by atoms with Crippen molar-refractivity contribution < 1.29 is 14.0 Å². The molecule has 0 fully saturated rings. The van der Waals surface area contributed by atoms with Gasteiger partial charge in [0.25, 0.3) is 8.32 Å². The molecule has 0 bridgehead atoms. The monoisotopic (exact) mass is 386 g/mol. The van der Waals surface area contributed by atoms with Gasteiger partial charge in [-0.05, 0) is 44.7 Å². The molecule has 22 heavy (non-hydrogen) atoms. The second kappa shape index (κ2) is 7.64. The molecule has 0 amide bonds. The van der Waals surface area contributed by atoms with E-state index in [1.54, 1.807) is 13.2 Å². The summed E-state index contributed by atoms with van der Waals surface area (Å²) in [7, 11) is -0.451. The molecule has 0 aliphatic heterocycles. The topological polar surface area (TPSA) is 35.5 Å². The fraction of sp³-hybridized carbons (Fsp3) is 0.588. The van der Waals surface area contributed by atoms with E-state index in [-0.39, 0.29) is 0 Å². The number of hydrogen-bond acceptors (Lipinski definition) is 3. The highest BCUT2D eigenvalue weighted by Gasteiger charge is 2.47. The van der Waals surface area contributed by atoms with Crippen molar-refractivity contribution in [1.29, 1.82) is 0 Å². The predicted molar refractivity (Wildman–Crippen MR) is 97.8 cm³/mol. The number of methoxy groups -OCH3 is 1. The molecule has 0 aliphatic rings. The molecule has 0 aromatic heterocycles. The van der Waals surface area contributed by atoms with E-state index in [0.717, 1.165) is 16.5 Å². The van der Waals surface area contributed by atoms with Crippen molar-refractivity contribution in [2.75, 3.05) is 7.11 Å². The van der Waals surface area contributed by atoms with Crippen molar-refractivity contribution in [1.82, 2.24) is 0 Å². The van der Waals surface area contributed by atoms with Gasteiger partial charge in [-0.2, -0.15) is 0 Å². The first-order valence-corrected chi connectivity index (χ1v) is 10.7. The highest BCUT2D eigenvalue weighted by Crippen LogP contribution is 2.45. The van der Waals surface area contributed by atoms with Gasteiger partial charge in [0.1, 0.15) is 5.75 Å². The quantitative estimate of drug-likeness (QED) is 0.437. The molecule has 0 N–H and O–H groups in total. The second-order valence-corrected chi connectivity index (χ2v) is 12.8. The Hall–Kier alpha value is -0.813. The summed E-state index contributed by atoms with van der Waals surface area (Å²) in [6.07, 6.45) is 0.814. The zero-order valence-electron chi connectivity index (χ0n) is 14.6. The van der Waals surface area contributed by atoms with Crippen molar-refractivity contribution in [3.8, 4) is 11.5 Å². The van der Waals surface area contributed by atoms with Crippen LogP contribution in [-0.2, 0) is 0 Å². The van der Waals surface area contributed by atoms with E-state index in [1.165, 1.54) is 0 Å². The predicted octanol–water partition coefficient (Wildman–Crippen LogP) is 5.82. The van der Waals surface area contributed by atoms with Gasteiger partial charge < -0.3 is 9.16 Å². The average Bonchev–Trinajstić information content (AvgIpc) is 2.43. The van der Waals surface area contributed by atoms with Crippen LogP contribution in [-0.4, -0.2) is 21.7 Å². The Labute approximate surface area is 143 Å². The van der Waals surface area contributed by atoms with Crippen LogP contribution >= 0.6 is 15.9 Å². The molecule has 0 aliphatic carbocycles. The Balaban J connectivity index is 3.41. The van der Waals surface area contributed by atoms with E-state index >= 15 is 0 Å². The second-order valence-electron chi connectivity index (χ2n) is 6.56. The van der Waals surface area contributed by atoms with Gasteiger partial charge in [-0.3, -0.25) is 4.79 Å². The van der Waals surface area contributed by atoms with Crippen LogP contribution in [0.2, 0.25) is 16.6 Å². The summed E-state index contributed by atoms with van der Waals surface area (Å²) in [5, 5.41) is 0. The van der Waals surface area contributed by atoms with Gasteiger partial charge in [0.05, 0.1) is 7.11 Å². The van der Waals surface area contributed by atoms with Gasteiger partial charge in [-0.1, -0.05) is 41.5 Å². The molecule has 0 atom stereocenters. The lowest BCUT2D eigenvalue weighted by molar-refractivity contribution is 0.112. The van der Waals surface area contributed by atoms with Crippen molar-refractivity contribution in [3.05, 3.63) is 22.2 Å². The van der Waals surface area contributed by atoms with E-state index in [4.69, 9.17) is 9.16 Å². The number of benzene rings is 1. The molecule has 0 saturated heterocycles. The summed E-state index contributed by atoms with van der Waals surface area (Å²) < 4.78 is 12.8. The van der Waals surface area contributed by atoms with Crippen LogP contribution in [0, 0.1) is 0 Å². The Morgan fingerprint density at radius 3 is 1.86 bits per heavy atom. The third-order valence-electron chi connectivity index (χ3n) is 4.40. The molecule has 3 nitrogen and oxygen atoms in total. The van der Waals surface area contributed by atoms with Crippen molar-refractivity contribution in [2.45, 2.75) is 58.2 Å². The summed E-state index contributed by atoms with van der Waals surface area (Å²) in [5.74, 6) is 1.34. The van der Waals surface area contributed by atoms with Crippen LogP contribution in [0.25, 0.3) is 0 Å². The van der Waals surface area contributed by atoms with Crippen molar-refractivity contribution in [3.63, 3.8) is 0 Å². The number of hydrogen-bond donors (Lipinski definition) is 0. The number of carbonyl (C=O) groups excluding carboxylic acids is 1. The lowest BCUT2D eigenvalue weighted by atomic mass is 10.2. The number of aldehydes is 1. The molecule has 0 spiro atoms. The number of halogens is 1. The van der Waals surface area contributed by atoms with Gasteiger partial charge in [0, 0.05) is 10.0 Å². The summed E-state index contributed by atoms with van der Waals surface area (Å²) in [6, 6.07) is 3.59. The van der Waals surface area contributed by atoms with Crippen LogP contribution < -0.4 is 9.16 Å². The molecule has 124 valence electrons. The molecule has 0 saturated carbocycles. The lowest BCUT2D eigenvalue weighted by Crippen LogP contribution is -2.50.